The number of nitrogens with one attached hydrogen (secondary N) is 1. The minimum absolute atomic E-state index is 0.250. The number of carbonyl (C=O) groups excluding carboxylic acids is 3. The highest BCUT2D eigenvalue weighted by atomic mass is 16.6. The predicted molar refractivity (Wildman–Crippen MR) is 113 cm³/mol. The van der Waals surface area contributed by atoms with Gasteiger partial charge < -0.3 is 20.5 Å². The maximum absolute atomic E-state index is 12.7. The smallest absolute Gasteiger partial charge is 0.338 e. The number of ether oxygens (including phenoxy) is 2. The van der Waals surface area contributed by atoms with Crippen molar-refractivity contribution in [2.45, 2.75) is 51.8 Å². The molecule has 0 saturated carbocycles. The number of esters is 2. The number of nitrogens with two attached hydrogens (primary N) is 1. The first-order valence-corrected chi connectivity index (χ1v) is 9.70. The van der Waals surface area contributed by atoms with E-state index >= 15 is 0 Å². The molecule has 0 aliphatic rings. The molecule has 2 rings (SSSR count). The SMILES string of the molecule is C[C@H](N)C(=O)N[C@@H](Cc1ccccc1)C(=O)Oc1ccc(C(=O)OC(C)(C)C)cc1. The van der Waals surface area contributed by atoms with E-state index in [0.717, 1.165) is 5.56 Å². The Labute approximate surface area is 176 Å². The van der Waals surface area contributed by atoms with E-state index in [-0.39, 0.29) is 12.2 Å². The molecule has 2 aromatic carbocycles. The number of hydrogen-bond acceptors (Lipinski definition) is 6. The Balaban J connectivity index is 2.10. The molecule has 0 bridgehead atoms. The normalized spacial score (nSPS) is 13.1. The summed E-state index contributed by atoms with van der Waals surface area (Å²) < 4.78 is 10.7. The fourth-order valence-electron chi connectivity index (χ4n) is 2.53. The van der Waals surface area contributed by atoms with Gasteiger partial charge in [0.1, 0.15) is 17.4 Å². The van der Waals surface area contributed by atoms with Crippen molar-refractivity contribution in [2.75, 3.05) is 0 Å². The molecule has 0 fully saturated rings. The van der Waals surface area contributed by atoms with E-state index in [1.165, 1.54) is 31.2 Å². The molecule has 0 heterocycles. The summed E-state index contributed by atoms with van der Waals surface area (Å²) >= 11 is 0. The second-order valence-electron chi connectivity index (χ2n) is 7.99. The van der Waals surface area contributed by atoms with E-state index in [2.05, 4.69) is 5.32 Å². The van der Waals surface area contributed by atoms with Gasteiger partial charge in [0, 0.05) is 6.42 Å². The molecule has 160 valence electrons. The summed E-state index contributed by atoms with van der Waals surface area (Å²) in [5.74, 6) is -1.29. The van der Waals surface area contributed by atoms with Crippen molar-refractivity contribution in [3.63, 3.8) is 0 Å². The van der Waals surface area contributed by atoms with Crippen molar-refractivity contribution < 1.29 is 23.9 Å². The van der Waals surface area contributed by atoms with Gasteiger partial charge >= 0.3 is 11.9 Å². The molecule has 2 atom stereocenters. The third-order valence-corrected chi connectivity index (χ3v) is 4.00. The van der Waals surface area contributed by atoms with Crippen LogP contribution >= 0.6 is 0 Å². The van der Waals surface area contributed by atoms with Gasteiger partial charge in [-0.15, -0.1) is 0 Å². The summed E-state index contributed by atoms with van der Waals surface area (Å²) in [5, 5.41) is 2.63. The highest BCUT2D eigenvalue weighted by Gasteiger charge is 2.25. The van der Waals surface area contributed by atoms with Crippen molar-refractivity contribution in [2.24, 2.45) is 5.73 Å². The molecule has 0 saturated heterocycles. The van der Waals surface area contributed by atoms with Gasteiger partial charge in [-0.25, -0.2) is 9.59 Å². The molecule has 0 spiro atoms. The Hall–Kier alpha value is -3.19. The van der Waals surface area contributed by atoms with E-state index in [9.17, 15) is 14.4 Å². The predicted octanol–water partition coefficient (Wildman–Crippen LogP) is 2.62. The fraction of sp³-hybridized carbons (Fsp3) is 0.348. The number of benzene rings is 2. The molecule has 30 heavy (non-hydrogen) atoms. The summed E-state index contributed by atoms with van der Waals surface area (Å²) in [6.07, 6.45) is 0.258. The number of rotatable bonds is 7. The first-order chi connectivity index (χ1) is 14.0. The highest BCUT2D eigenvalue weighted by molar-refractivity contribution is 5.90. The van der Waals surface area contributed by atoms with Gasteiger partial charge in [0.15, 0.2) is 0 Å². The zero-order valence-electron chi connectivity index (χ0n) is 17.7. The van der Waals surface area contributed by atoms with Gasteiger partial charge in [-0.05, 0) is 57.5 Å². The lowest BCUT2D eigenvalue weighted by molar-refractivity contribution is -0.139. The van der Waals surface area contributed by atoms with Crippen LogP contribution in [0.4, 0.5) is 0 Å². The Morgan fingerprint density at radius 1 is 1.00 bits per heavy atom. The molecular formula is C23H28N2O5. The zero-order chi connectivity index (χ0) is 22.3. The minimum Gasteiger partial charge on any atom is -0.456 e. The van der Waals surface area contributed by atoms with Crippen LogP contribution in [0.2, 0.25) is 0 Å². The molecule has 2 aromatic rings. The summed E-state index contributed by atoms with van der Waals surface area (Å²) in [6.45, 7) is 6.88. The van der Waals surface area contributed by atoms with Crippen LogP contribution in [0.3, 0.4) is 0 Å². The van der Waals surface area contributed by atoms with E-state index in [1.807, 2.05) is 30.3 Å². The summed E-state index contributed by atoms with van der Waals surface area (Å²) in [6, 6.07) is 13.6. The lowest BCUT2D eigenvalue weighted by Crippen LogP contribution is -2.49. The summed E-state index contributed by atoms with van der Waals surface area (Å²) in [5.41, 5.74) is 6.21. The third-order valence-electron chi connectivity index (χ3n) is 4.00. The van der Waals surface area contributed by atoms with Crippen molar-refractivity contribution in [1.29, 1.82) is 0 Å². The van der Waals surface area contributed by atoms with Gasteiger partial charge in [-0.1, -0.05) is 30.3 Å². The van der Waals surface area contributed by atoms with Crippen molar-refractivity contribution in [3.05, 3.63) is 65.7 Å². The lowest BCUT2D eigenvalue weighted by Gasteiger charge is -2.20. The summed E-state index contributed by atoms with van der Waals surface area (Å²) in [7, 11) is 0. The molecule has 0 radical (unpaired) electrons. The maximum atomic E-state index is 12.7. The number of amides is 1. The Morgan fingerprint density at radius 2 is 1.60 bits per heavy atom. The monoisotopic (exact) mass is 412 g/mol. The largest absolute Gasteiger partial charge is 0.456 e. The third kappa shape index (κ3) is 7.33. The molecule has 1 amide bonds. The van der Waals surface area contributed by atoms with Crippen LogP contribution in [0.25, 0.3) is 0 Å². The molecule has 0 aromatic heterocycles. The van der Waals surface area contributed by atoms with Gasteiger partial charge in [-0.3, -0.25) is 4.79 Å². The molecule has 3 N–H and O–H groups in total. The van der Waals surface area contributed by atoms with Crippen LogP contribution < -0.4 is 15.8 Å². The second-order valence-corrected chi connectivity index (χ2v) is 7.99. The van der Waals surface area contributed by atoms with E-state index in [1.54, 1.807) is 20.8 Å². The fourth-order valence-corrected chi connectivity index (χ4v) is 2.53. The van der Waals surface area contributed by atoms with Crippen molar-refractivity contribution >= 4 is 17.8 Å². The van der Waals surface area contributed by atoms with E-state index in [0.29, 0.717) is 5.56 Å². The van der Waals surface area contributed by atoms with Gasteiger partial charge in [0.05, 0.1) is 11.6 Å². The van der Waals surface area contributed by atoms with Gasteiger partial charge in [0.2, 0.25) is 5.91 Å². The number of hydrogen-bond donors (Lipinski definition) is 2. The Morgan fingerprint density at radius 3 is 2.13 bits per heavy atom. The van der Waals surface area contributed by atoms with Gasteiger partial charge in [0.25, 0.3) is 0 Å². The maximum Gasteiger partial charge on any atom is 0.338 e. The summed E-state index contributed by atoms with van der Waals surface area (Å²) in [4.78, 5) is 36.9. The van der Waals surface area contributed by atoms with Crippen LogP contribution in [0, 0.1) is 0 Å². The first kappa shape index (κ1) is 23.1. The zero-order valence-corrected chi connectivity index (χ0v) is 17.7. The Bertz CT molecular complexity index is 871. The van der Waals surface area contributed by atoms with Crippen LogP contribution in [-0.4, -0.2) is 35.5 Å². The standard InChI is InChI=1S/C23H28N2O5/c1-15(24)20(26)25-19(14-16-8-6-5-7-9-16)22(28)29-18-12-10-17(11-13-18)21(27)30-23(2,3)4/h5-13,15,19H,14,24H2,1-4H3,(H,25,26)/t15-,19-/m0/s1. The van der Waals surface area contributed by atoms with Crippen LogP contribution in [-0.2, 0) is 20.7 Å². The average Bonchev–Trinajstić information content (AvgIpc) is 2.67. The van der Waals surface area contributed by atoms with E-state index in [4.69, 9.17) is 15.2 Å². The molecule has 7 heteroatoms. The van der Waals surface area contributed by atoms with E-state index < -0.39 is 35.5 Å². The van der Waals surface area contributed by atoms with Crippen LogP contribution in [0.1, 0.15) is 43.6 Å². The number of carbonyl (C=O) groups is 3. The molecule has 7 nitrogen and oxygen atoms in total. The van der Waals surface area contributed by atoms with Crippen LogP contribution in [0.5, 0.6) is 5.75 Å². The Kier molecular flexibility index (Phi) is 7.72. The van der Waals surface area contributed by atoms with Crippen molar-refractivity contribution in [1.82, 2.24) is 5.32 Å². The topological polar surface area (TPSA) is 108 Å². The average molecular weight is 412 g/mol. The molecule has 0 aliphatic carbocycles. The highest BCUT2D eigenvalue weighted by Crippen LogP contribution is 2.17. The minimum atomic E-state index is -0.906. The second kappa shape index (κ2) is 10.0. The quantitative estimate of drug-likeness (QED) is 0.535. The first-order valence-electron chi connectivity index (χ1n) is 9.70. The lowest BCUT2D eigenvalue weighted by atomic mass is 10.1. The van der Waals surface area contributed by atoms with Crippen LogP contribution in [0.15, 0.2) is 54.6 Å². The van der Waals surface area contributed by atoms with Gasteiger partial charge in [-0.2, -0.15) is 0 Å². The molecule has 0 aliphatic heterocycles. The molecular weight excluding hydrogens is 384 g/mol. The molecule has 0 unspecified atom stereocenters. The van der Waals surface area contributed by atoms with Crippen molar-refractivity contribution in [3.8, 4) is 5.75 Å².